The SMILES string of the molecule is Cc1ccc(-c2nc(N)c(C)c(-c3ccccc3)n2)nc1. The van der Waals surface area contributed by atoms with Gasteiger partial charge in [0.05, 0.1) is 5.69 Å². The molecule has 3 rings (SSSR count). The van der Waals surface area contributed by atoms with Crippen molar-refractivity contribution in [2.45, 2.75) is 13.8 Å². The quantitative estimate of drug-likeness (QED) is 0.779. The lowest BCUT2D eigenvalue weighted by molar-refractivity contribution is 1.12. The van der Waals surface area contributed by atoms with Gasteiger partial charge in [0.25, 0.3) is 0 Å². The van der Waals surface area contributed by atoms with Crippen molar-refractivity contribution in [3.8, 4) is 22.8 Å². The lowest BCUT2D eigenvalue weighted by Crippen LogP contribution is -2.03. The number of nitrogens with two attached hydrogens (primary N) is 1. The van der Waals surface area contributed by atoms with E-state index in [0.29, 0.717) is 11.6 Å². The molecule has 0 spiro atoms. The summed E-state index contributed by atoms with van der Waals surface area (Å²) >= 11 is 0. The number of benzene rings is 1. The molecule has 0 amide bonds. The molecular weight excluding hydrogens is 260 g/mol. The summed E-state index contributed by atoms with van der Waals surface area (Å²) in [5.41, 5.74) is 10.6. The topological polar surface area (TPSA) is 64.7 Å². The number of rotatable bonds is 2. The third-order valence-electron chi connectivity index (χ3n) is 3.37. The van der Waals surface area contributed by atoms with Crippen molar-refractivity contribution in [3.63, 3.8) is 0 Å². The van der Waals surface area contributed by atoms with E-state index in [4.69, 9.17) is 5.73 Å². The number of hydrogen-bond acceptors (Lipinski definition) is 4. The summed E-state index contributed by atoms with van der Waals surface area (Å²) in [6, 6.07) is 13.9. The average molecular weight is 276 g/mol. The third kappa shape index (κ3) is 2.60. The molecule has 4 nitrogen and oxygen atoms in total. The minimum Gasteiger partial charge on any atom is -0.383 e. The van der Waals surface area contributed by atoms with Crippen LogP contribution in [0.5, 0.6) is 0 Å². The Kier molecular flexibility index (Phi) is 3.36. The van der Waals surface area contributed by atoms with E-state index < -0.39 is 0 Å². The Morgan fingerprint density at radius 2 is 1.67 bits per heavy atom. The summed E-state index contributed by atoms with van der Waals surface area (Å²) < 4.78 is 0. The maximum absolute atomic E-state index is 6.05. The summed E-state index contributed by atoms with van der Waals surface area (Å²) in [5, 5.41) is 0. The van der Waals surface area contributed by atoms with Crippen LogP contribution in [0, 0.1) is 13.8 Å². The summed E-state index contributed by atoms with van der Waals surface area (Å²) in [6.07, 6.45) is 1.80. The van der Waals surface area contributed by atoms with E-state index in [0.717, 1.165) is 28.1 Å². The monoisotopic (exact) mass is 276 g/mol. The lowest BCUT2D eigenvalue weighted by Gasteiger charge is -2.10. The Hall–Kier alpha value is -2.75. The molecule has 104 valence electrons. The van der Waals surface area contributed by atoms with Crippen molar-refractivity contribution in [1.82, 2.24) is 15.0 Å². The molecule has 0 fully saturated rings. The van der Waals surface area contributed by atoms with E-state index in [1.54, 1.807) is 6.20 Å². The number of nitrogen functional groups attached to an aromatic ring is 1. The predicted octanol–water partition coefficient (Wildman–Crippen LogP) is 3.40. The van der Waals surface area contributed by atoms with Crippen LogP contribution in [0.3, 0.4) is 0 Å². The Morgan fingerprint density at radius 3 is 2.33 bits per heavy atom. The predicted molar refractivity (Wildman–Crippen MR) is 84.6 cm³/mol. The minimum absolute atomic E-state index is 0.487. The van der Waals surface area contributed by atoms with Crippen LogP contribution in [0.25, 0.3) is 22.8 Å². The van der Waals surface area contributed by atoms with E-state index in [9.17, 15) is 0 Å². The van der Waals surface area contributed by atoms with E-state index in [-0.39, 0.29) is 0 Å². The number of aryl methyl sites for hydroxylation is 1. The second-order valence-corrected chi connectivity index (χ2v) is 4.99. The van der Waals surface area contributed by atoms with Gasteiger partial charge in [0.15, 0.2) is 5.82 Å². The molecule has 0 saturated carbocycles. The molecule has 0 saturated heterocycles. The van der Waals surface area contributed by atoms with Gasteiger partial charge in [-0.25, -0.2) is 9.97 Å². The molecule has 1 aromatic carbocycles. The minimum atomic E-state index is 0.487. The standard InChI is InChI=1S/C17H16N4/c1-11-8-9-14(19-10-11)17-20-15(12(2)16(18)21-17)13-6-4-3-5-7-13/h3-10H,1-2H3,(H2,18,20,21). The van der Waals surface area contributed by atoms with Crippen molar-refractivity contribution in [1.29, 1.82) is 0 Å². The fraction of sp³-hybridized carbons (Fsp3) is 0.118. The molecule has 2 heterocycles. The molecule has 0 aliphatic rings. The highest BCUT2D eigenvalue weighted by Crippen LogP contribution is 2.26. The summed E-state index contributed by atoms with van der Waals surface area (Å²) in [5.74, 6) is 1.04. The lowest BCUT2D eigenvalue weighted by atomic mass is 10.1. The molecule has 21 heavy (non-hydrogen) atoms. The van der Waals surface area contributed by atoms with Crippen LogP contribution in [-0.4, -0.2) is 15.0 Å². The molecule has 0 aliphatic heterocycles. The molecule has 0 atom stereocenters. The Morgan fingerprint density at radius 1 is 0.905 bits per heavy atom. The summed E-state index contributed by atoms with van der Waals surface area (Å²) in [7, 11) is 0. The zero-order valence-electron chi connectivity index (χ0n) is 12.0. The van der Waals surface area contributed by atoms with E-state index >= 15 is 0 Å². The van der Waals surface area contributed by atoms with Crippen LogP contribution in [0.15, 0.2) is 48.7 Å². The number of aromatic nitrogens is 3. The molecular formula is C17H16N4. The largest absolute Gasteiger partial charge is 0.383 e. The summed E-state index contributed by atoms with van der Waals surface area (Å²) in [6.45, 7) is 3.93. The van der Waals surface area contributed by atoms with Gasteiger partial charge in [-0.15, -0.1) is 0 Å². The van der Waals surface area contributed by atoms with Crippen molar-refractivity contribution in [2.75, 3.05) is 5.73 Å². The Bertz CT molecular complexity index is 765. The van der Waals surface area contributed by atoms with Gasteiger partial charge in [0, 0.05) is 17.3 Å². The second kappa shape index (κ2) is 5.32. The van der Waals surface area contributed by atoms with Crippen LogP contribution in [0.4, 0.5) is 5.82 Å². The highest BCUT2D eigenvalue weighted by atomic mass is 15.0. The first-order valence-corrected chi connectivity index (χ1v) is 6.77. The van der Waals surface area contributed by atoms with E-state index in [2.05, 4.69) is 15.0 Å². The maximum Gasteiger partial charge on any atom is 0.180 e. The van der Waals surface area contributed by atoms with Gasteiger partial charge in [0.2, 0.25) is 0 Å². The Balaban J connectivity index is 2.16. The first kappa shape index (κ1) is 13.2. The van der Waals surface area contributed by atoms with Crippen LogP contribution < -0.4 is 5.73 Å². The van der Waals surface area contributed by atoms with Crippen LogP contribution in [-0.2, 0) is 0 Å². The van der Waals surface area contributed by atoms with Gasteiger partial charge in [-0.3, -0.25) is 4.98 Å². The zero-order valence-corrected chi connectivity index (χ0v) is 12.0. The van der Waals surface area contributed by atoms with Gasteiger partial charge < -0.3 is 5.73 Å². The third-order valence-corrected chi connectivity index (χ3v) is 3.37. The Labute approximate surface area is 123 Å². The van der Waals surface area contributed by atoms with Crippen molar-refractivity contribution in [3.05, 3.63) is 59.8 Å². The smallest absolute Gasteiger partial charge is 0.180 e. The van der Waals surface area contributed by atoms with Gasteiger partial charge in [-0.05, 0) is 25.5 Å². The second-order valence-electron chi connectivity index (χ2n) is 4.99. The molecule has 2 aromatic heterocycles. The van der Waals surface area contributed by atoms with Gasteiger partial charge in [-0.2, -0.15) is 0 Å². The zero-order chi connectivity index (χ0) is 14.8. The van der Waals surface area contributed by atoms with E-state index in [1.807, 2.05) is 56.3 Å². The van der Waals surface area contributed by atoms with Crippen LogP contribution in [0.2, 0.25) is 0 Å². The maximum atomic E-state index is 6.05. The van der Waals surface area contributed by atoms with Crippen LogP contribution in [0.1, 0.15) is 11.1 Å². The molecule has 0 unspecified atom stereocenters. The average Bonchev–Trinajstić information content (AvgIpc) is 2.51. The van der Waals surface area contributed by atoms with Gasteiger partial charge in [0.1, 0.15) is 11.5 Å². The molecule has 4 heteroatoms. The van der Waals surface area contributed by atoms with E-state index in [1.165, 1.54) is 0 Å². The van der Waals surface area contributed by atoms with Crippen LogP contribution >= 0.6 is 0 Å². The molecule has 0 bridgehead atoms. The fourth-order valence-electron chi connectivity index (χ4n) is 2.13. The van der Waals surface area contributed by atoms with Crippen molar-refractivity contribution >= 4 is 5.82 Å². The highest BCUT2D eigenvalue weighted by molar-refractivity contribution is 5.70. The van der Waals surface area contributed by atoms with Crippen molar-refractivity contribution < 1.29 is 0 Å². The first-order chi connectivity index (χ1) is 10.1. The van der Waals surface area contributed by atoms with Gasteiger partial charge >= 0.3 is 0 Å². The summed E-state index contributed by atoms with van der Waals surface area (Å²) in [4.78, 5) is 13.4. The molecule has 0 aliphatic carbocycles. The fourth-order valence-corrected chi connectivity index (χ4v) is 2.13. The normalized spacial score (nSPS) is 10.6. The number of pyridine rings is 1. The molecule has 2 N–H and O–H groups in total. The number of hydrogen-bond donors (Lipinski definition) is 1. The first-order valence-electron chi connectivity index (χ1n) is 6.77. The highest BCUT2D eigenvalue weighted by Gasteiger charge is 2.12. The number of nitrogens with zero attached hydrogens (tertiary/aromatic N) is 3. The number of anilines is 1. The van der Waals surface area contributed by atoms with Crippen molar-refractivity contribution in [2.24, 2.45) is 0 Å². The molecule has 0 radical (unpaired) electrons. The molecule has 3 aromatic rings. The van der Waals surface area contributed by atoms with Gasteiger partial charge in [-0.1, -0.05) is 36.4 Å².